The van der Waals surface area contributed by atoms with Crippen LogP contribution in [0.4, 0.5) is 4.39 Å². The molecule has 0 spiro atoms. The molecule has 0 heterocycles. The zero-order chi connectivity index (χ0) is 12.8. The Kier molecular flexibility index (Phi) is 5.18. The van der Waals surface area contributed by atoms with E-state index < -0.39 is 0 Å². The molecular formula is C16H24FN. The molecule has 0 saturated heterocycles. The zero-order valence-electron chi connectivity index (χ0n) is 11.1. The van der Waals surface area contributed by atoms with E-state index in [2.05, 4.69) is 0 Å². The summed E-state index contributed by atoms with van der Waals surface area (Å²) in [6.45, 7) is 0.723. The van der Waals surface area contributed by atoms with Crippen LogP contribution in [0.2, 0.25) is 0 Å². The van der Waals surface area contributed by atoms with E-state index in [1.807, 2.05) is 6.07 Å². The van der Waals surface area contributed by atoms with Gasteiger partial charge in [0, 0.05) is 0 Å². The van der Waals surface area contributed by atoms with Crippen LogP contribution in [-0.4, -0.2) is 6.54 Å². The van der Waals surface area contributed by atoms with Crippen LogP contribution in [0.25, 0.3) is 0 Å². The van der Waals surface area contributed by atoms with Crippen molar-refractivity contribution < 1.29 is 4.39 Å². The van der Waals surface area contributed by atoms with Gasteiger partial charge in [0.1, 0.15) is 5.82 Å². The Bertz CT molecular complexity index is 356. The largest absolute Gasteiger partial charge is 0.330 e. The molecule has 2 rings (SSSR count). The number of nitrogens with two attached hydrogens (primary N) is 1. The number of rotatable bonds is 4. The van der Waals surface area contributed by atoms with Gasteiger partial charge in [0.15, 0.2) is 0 Å². The van der Waals surface area contributed by atoms with E-state index in [0.29, 0.717) is 5.92 Å². The smallest absolute Gasteiger partial charge is 0.123 e. The lowest BCUT2D eigenvalue weighted by Gasteiger charge is -2.25. The molecule has 2 heteroatoms. The van der Waals surface area contributed by atoms with Gasteiger partial charge in [0.25, 0.3) is 0 Å². The van der Waals surface area contributed by atoms with Gasteiger partial charge in [0.2, 0.25) is 0 Å². The lowest BCUT2D eigenvalue weighted by molar-refractivity contribution is 0.302. The third kappa shape index (κ3) is 3.81. The summed E-state index contributed by atoms with van der Waals surface area (Å²) in [5, 5.41) is 0. The van der Waals surface area contributed by atoms with Gasteiger partial charge < -0.3 is 5.73 Å². The second kappa shape index (κ2) is 6.89. The van der Waals surface area contributed by atoms with Crippen LogP contribution in [-0.2, 0) is 6.42 Å². The standard InChI is InChI=1S/C16H24FN/c17-16-9-5-6-13(11-16)10-15(12-18)14-7-3-1-2-4-8-14/h5-6,9,11,14-15H,1-4,7-8,10,12,18H2. The molecule has 1 aliphatic rings. The van der Waals surface area contributed by atoms with Crippen molar-refractivity contribution in [3.8, 4) is 0 Å². The van der Waals surface area contributed by atoms with Gasteiger partial charge in [-0.1, -0.05) is 50.7 Å². The predicted molar refractivity (Wildman–Crippen MR) is 73.8 cm³/mol. The number of benzene rings is 1. The molecule has 2 N–H and O–H groups in total. The van der Waals surface area contributed by atoms with E-state index in [4.69, 9.17) is 5.73 Å². The van der Waals surface area contributed by atoms with Crippen LogP contribution in [0.15, 0.2) is 24.3 Å². The molecular weight excluding hydrogens is 225 g/mol. The van der Waals surface area contributed by atoms with Gasteiger partial charge in [-0.3, -0.25) is 0 Å². The Morgan fingerprint density at radius 3 is 2.50 bits per heavy atom. The highest BCUT2D eigenvalue weighted by molar-refractivity contribution is 5.17. The van der Waals surface area contributed by atoms with Crippen molar-refractivity contribution in [1.29, 1.82) is 0 Å². The van der Waals surface area contributed by atoms with Gasteiger partial charge in [0.05, 0.1) is 0 Å². The fourth-order valence-corrected chi connectivity index (χ4v) is 3.19. The lowest BCUT2D eigenvalue weighted by Crippen LogP contribution is -2.25. The van der Waals surface area contributed by atoms with E-state index in [9.17, 15) is 4.39 Å². The first-order valence-electron chi connectivity index (χ1n) is 7.24. The van der Waals surface area contributed by atoms with Gasteiger partial charge in [-0.15, -0.1) is 0 Å². The van der Waals surface area contributed by atoms with E-state index in [0.717, 1.165) is 24.4 Å². The van der Waals surface area contributed by atoms with Crippen molar-refractivity contribution in [2.75, 3.05) is 6.54 Å². The maximum atomic E-state index is 13.2. The predicted octanol–water partition coefficient (Wildman–Crippen LogP) is 3.91. The molecule has 1 fully saturated rings. The van der Waals surface area contributed by atoms with Crippen molar-refractivity contribution in [3.63, 3.8) is 0 Å². The summed E-state index contributed by atoms with van der Waals surface area (Å²) in [5.74, 6) is 1.12. The normalized spacial score (nSPS) is 19.4. The summed E-state index contributed by atoms with van der Waals surface area (Å²) in [5.41, 5.74) is 7.04. The summed E-state index contributed by atoms with van der Waals surface area (Å²) in [6, 6.07) is 6.97. The van der Waals surface area contributed by atoms with Crippen LogP contribution in [0, 0.1) is 17.7 Å². The molecule has 0 radical (unpaired) electrons. The molecule has 0 amide bonds. The molecule has 1 aromatic rings. The quantitative estimate of drug-likeness (QED) is 0.804. The molecule has 1 aliphatic carbocycles. The molecule has 1 unspecified atom stereocenters. The fourth-order valence-electron chi connectivity index (χ4n) is 3.19. The monoisotopic (exact) mass is 249 g/mol. The summed E-state index contributed by atoms with van der Waals surface area (Å²) in [4.78, 5) is 0. The molecule has 0 bridgehead atoms. The SMILES string of the molecule is NCC(Cc1cccc(F)c1)C1CCCCCC1. The number of hydrogen-bond donors (Lipinski definition) is 1. The minimum absolute atomic E-state index is 0.135. The van der Waals surface area contributed by atoms with E-state index >= 15 is 0 Å². The van der Waals surface area contributed by atoms with Gasteiger partial charge >= 0.3 is 0 Å². The molecule has 18 heavy (non-hydrogen) atoms. The molecule has 1 atom stereocenters. The van der Waals surface area contributed by atoms with Crippen molar-refractivity contribution in [2.45, 2.75) is 44.9 Å². The Hall–Kier alpha value is -0.890. The molecule has 0 aromatic heterocycles. The lowest BCUT2D eigenvalue weighted by atomic mass is 9.82. The molecule has 0 aliphatic heterocycles. The number of halogens is 1. The van der Waals surface area contributed by atoms with Crippen molar-refractivity contribution in [2.24, 2.45) is 17.6 Å². The molecule has 1 saturated carbocycles. The summed E-state index contributed by atoms with van der Waals surface area (Å²) >= 11 is 0. The Balaban J connectivity index is 1.99. The average Bonchev–Trinajstić information content (AvgIpc) is 2.65. The van der Waals surface area contributed by atoms with E-state index in [1.165, 1.54) is 44.6 Å². The average molecular weight is 249 g/mol. The topological polar surface area (TPSA) is 26.0 Å². The molecule has 1 aromatic carbocycles. The van der Waals surface area contributed by atoms with Crippen LogP contribution >= 0.6 is 0 Å². The van der Waals surface area contributed by atoms with E-state index in [1.54, 1.807) is 12.1 Å². The molecule has 100 valence electrons. The molecule has 1 nitrogen and oxygen atoms in total. The highest BCUT2D eigenvalue weighted by atomic mass is 19.1. The summed E-state index contributed by atoms with van der Waals surface area (Å²) in [6.07, 6.45) is 8.95. The van der Waals surface area contributed by atoms with Gasteiger partial charge in [-0.2, -0.15) is 0 Å². The van der Waals surface area contributed by atoms with Gasteiger partial charge in [-0.25, -0.2) is 4.39 Å². The van der Waals surface area contributed by atoms with Crippen molar-refractivity contribution >= 4 is 0 Å². The second-order valence-corrected chi connectivity index (χ2v) is 5.58. The zero-order valence-corrected chi connectivity index (χ0v) is 11.1. The van der Waals surface area contributed by atoms with Gasteiger partial charge in [-0.05, 0) is 42.5 Å². The first-order chi connectivity index (χ1) is 8.79. The first kappa shape index (κ1) is 13.5. The Morgan fingerprint density at radius 1 is 1.17 bits per heavy atom. The first-order valence-corrected chi connectivity index (χ1v) is 7.24. The minimum atomic E-state index is -0.135. The second-order valence-electron chi connectivity index (χ2n) is 5.58. The van der Waals surface area contributed by atoms with Crippen LogP contribution in [0.5, 0.6) is 0 Å². The third-order valence-corrected chi connectivity index (χ3v) is 4.26. The van der Waals surface area contributed by atoms with Crippen LogP contribution < -0.4 is 5.73 Å². The summed E-state index contributed by atoms with van der Waals surface area (Å²) < 4.78 is 13.2. The van der Waals surface area contributed by atoms with Crippen LogP contribution in [0.1, 0.15) is 44.1 Å². The maximum Gasteiger partial charge on any atom is 0.123 e. The van der Waals surface area contributed by atoms with Crippen molar-refractivity contribution in [3.05, 3.63) is 35.6 Å². The highest BCUT2D eigenvalue weighted by Crippen LogP contribution is 2.30. The number of hydrogen-bond acceptors (Lipinski definition) is 1. The third-order valence-electron chi connectivity index (χ3n) is 4.26. The van der Waals surface area contributed by atoms with Crippen LogP contribution in [0.3, 0.4) is 0 Å². The fraction of sp³-hybridized carbons (Fsp3) is 0.625. The maximum absolute atomic E-state index is 13.2. The minimum Gasteiger partial charge on any atom is -0.330 e. The highest BCUT2D eigenvalue weighted by Gasteiger charge is 2.21. The van der Waals surface area contributed by atoms with Crippen molar-refractivity contribution in [1.82, 2.24) is 0 Å². The Morgan fingerprint density at radius 2 is 1.89 bits per heavy atom. The Labute approximate surface area is 110 Å². The summed E-state index contributed by atoms with van der Waals surface area (Å²) in [7, 11) is 0. The van der Waals surface area contributed by atoms with E-state index in [-0.39, 0.29) is 5.82 Å².